The van der Waals surface area contributed by atoms with Crippen LogP contribution in [-0.4, -0.2) is 55.7 Å². The molecule has 0 aliphatic carbocycles. The van der Waals surface area contributed by atoms with Crippen LogP contribution in [0.25, 0.3) is 0 Å². The minimum absolute atomic E-state index is 0.0684. The van der Waals surface area contributed by atoms with Gasteiger partial charge in [0.25, 0.3) is 5.91 Å². The number of rotatable bonds is 10. The number of nitrogens with zero attached hydrogens (tertiary/aromatic N) is 2. The second kappa shape index (κ2) is 12.1. The molecule has 0 unspecified atom stereocenters. The summed E-state index contributed by atoms with van der Waals surface area (Å²) in [4.78, 5) is 29.9. The van der Waals surface area contributed by atoms with Gasteiger partial charge in [-0.1, -0.05) is 17.7 Å². The van der Waals surface area contributed by atoms with E-state index in [9.17, 15) is 9.59 Å². The molecule has 10 heteroatoms. The van der Waals surface area contributed by atoms with Gasteiger partial charge >= 0.3 is 0 Å². The lowest BCUT2D eigenvalue weighted by molar-refractivity contribution is -0.124. The third-order valence-corrected chi connectivity index (χ3v) is 6.91. The first-order chi connectivity index (χ1) is 18.3. The molecule has 0 saturated carbocycles. The van der Waals surface area contributed by atoms with E-state index in [0.29, 0.717) is 51.7 Å². The van der Waals surface area contributed by atoms with Crippen LogP contribution in [-0.2, 0) is 16.0 Å². The number of hydrogen-bond acceptors (Lipinski definition) is 6. The summed E-state index contributed by atoms with van der Waals surface area (Å²) < 4.78 is 15.9. The summed E-state index contributed by atoms with van der Waals surface area (Å²) in [6.07, 6.45) is 0.500. The highest BCUT2D eigenvalue weighted by molar-refractivity contribution is 7.80. The number of anilines is 2. The third kappa shape index (κ3) is 6.00. The van der Waals surface area contributed by atoms with E-state index in [1.165, 1.54) is 4.90 Å². The molecule has 1 aliphatic heterocycles. The zero-order valence-corrected chi connectivity index (χ0v) is 22.8. The zero-order valence-electron chi connectivity index (χ0n) is 21.3. The first-order valence-corrected chi connectivity index (χ1v) is 12.7. The molecule has 4 rings (SSSR count). The van der Waals surface area contributed by atoms with E-state index >= 15 is 0 Å². The summed E-state index contributed by atoms with van der Waals surface area (Å²) in [5.41, 5.74) is 2.18. The number of amides is 2. The minimum atomic E-state index is -0.767. The Balaban J connectivity index is 1.55. The van der Waals surface area contributed by atoms with Crippen LogP contribution in [0.3, 0.4) is 0 Å². The Labute approximate surface area is 232 Å². The van der Waals surface area contributed by atoms with Gasteiger partial charge in [0.15, 0.2) is 16.6 Å². The van der Waals surface area contributed by atoms with Gasteiger partial charge in [0, 0.05) is 17.3 Å². The molecule has 0 spiro atoms. The average molecular weight is 554 g/mol. The zero-order chi connectivity index (χ0) is 27.2. The number of benzene rings is 3. The van der Waals surface area contributed by atoms with Crippen molar-refractivity contribution in [2.75, 3.05) is 38.1 Å². The molecule has 3 aromatic rings. The predicted octanol–water partition coefficient (Wildman–Crippen LogP) is 4.94. The lowest BCUT2D eigenvalue weighted by Gasteiger charge is -2.24. The molecule has 0 aromatic heterocycles. The van der Waals surface area contributed by atoms with Gasteiger partial charge in [0.05, 0.1) is 33.4 Å². The van der Waals surface area contributed by atoms with Crippen molar-refractivity contribution in [1.82, 2.24) is 4.90 Å². The van der Waals surface area contributed by atoms with Crippen molar-refractivity contribution in [2.24, 2.45) is 0 Å². The van der Waals surface area contributed by atoms with Gasteiger partial charge < -0.3 is 24.4 Å². The van der Waals surface area contributed by atoms with Gasteiger partial charge in [-0.15, -0.1) is 0 Å². The highest BCUT2D eigenvalue weighted by Crippen LogP contribution is 2.31. The molecule has 198 valence electrons. The first-order valence-electron chi connectivity index (χ1n) is 11.9. The summed E-state index contributed by atoms with van der Waals surface area (Å²) in [6, 6.07) is 18.8. The number of carbonyl (C=O) groups excluding carboxylic acids is 2. The highest BCUT2D eigenvalue weighted by Gasteiger charge is 2.43. The van der Waals surface area contributed by atoms with E-state index in [2.05, 4.69) is 5.32 Å². The lowest BCUT2D eigenvalue weighted by Crippen LogP contribution is -2.39. The van der Waals surface area contributed by atoms with Crippen molar-refractivity contribution < 1.29 is 23.8 Å². The molecule has 1 heterocycles. The molecule has 2 amide bonds. The van der Waals surface area contributed by atoms with Crippen LogP contribution in [0.2, 0.25) is 5.02 Å². The van der Waals surface area contributed by atoms with Crippen molar-refractivity contribution >= 4 is 52.1 Å². The second-order valence-corrected chi connectivity index (χ2v) is 9.36. The smallest absolute Gasteiger partial charge is 0.256 e. The number of carbonyl (C=O) groups is 2. The summed E-state index contributed by atoms with van der Waals surface area (Å²) in [6.45, 7) is 0.421. The van der Waals surface area contributed by atoms with Gasteiger partial charge in [-0.25, -0.2) is 0 Å². The van der Waals surface area contributed by atoms with Gasteiger partial charge in [-0.05, 0) is 84.9 Å². The third-order valence-electron chi connectivity index (χ3n) is 6.25. The number of ether oxygens (including phenoxy) is 3. The number of halogens is 1. The molecule has 1 N–H and O–H groups in total. The monoisotopic (exact) mass is 553 g/mol. The van der Waals surface area contributed by atoms with Crippen LogP contribution in [0.4, 0.5) is 11.4 Å². The maximum Gasteiger partial charge on any atom is 0.256 e. The molecule has 1 fully saturated rings. The number of hydrogen-bond donors (Lipinski definition) is 1. The van der Waals surface area contributed by atoms with E-state index in [0.717, 1.165) is 5.56 Å². The van der Waals surface area contributed by atoms with Crippen LogP contribution in [0.1, 0.15) is 12.0 Å². The Morgan fingerprint density at radius 1 is 0.947 bits per heavy atom. The van der Waals surface area contributed by atoms with Crippen LogP contribution in [0.15, 0.2) is 66.7 Å². The first kappa shape index (κ1) is 27.2. The fourth-order valence-corrected chi connectivity index (χ4v) is 4.80. The summed E-state index contributed by atoms with van der Waals surface area (Å²) in [7, 11) is 4.74. The maximum absolute atomic E-state index is 13.6. The molecular weight excluding hydrogens is 526 g/mol. The topological polar surface area (TPSA) is 80.3 Å². The summed E-state index contributed by atoms with van der Waals surface area (Å²) in [5, 5.41) is 3.74. The highest BCUT2D eigenvalue weighted by atomic mass is 35.5. The molecule has 0 bridgehead atoms. The Morgan fingerprint density at radius 2 is 1.63 bits per heavy atom. The summed E-state index contributed by atoms with van der Waals surface area (Å²) in [5.74, 6) is 1.35. The normalized spacial score (nSPS) is 15.0. The van der Waals surface area contributed by atoms with Gasteiger partial charge in [0.1, 0.15) is 11.8 Å². The van der Waals surface area contributed by atoms with Crippen molar-refractivity contribution in [1.29, 1.82) is 0 Å². The van der Waals surface area contributed by atoms with Gasteiger partial charge in [-0.2, -0.15) is 0 Å². The molecule has 1 atom stereocenters. The molecule has 0 radical (unpaired) electrons. The van der Waals surface area contributed by atoms with Crippen molar-refractivity contribution in [2.45, 2.75) is 18.9 Å². The van der Waals surface area contributed by atoms with E-state index in [1.54, 1.807) is 74.8 Å². The lowest BCUT2D eigenvalue weighted by atomic mass is 10.1. The van der Waals surface area contributed by atoms with Crippen LogP contribution >= 0.6 is 23.8 Å². The van der Waals surface area contributed by atoms with Crippen molar-refractivity contribution in [3.8, 4) is 17.2 Å². The maximum atomic E-state index is 13.6. The SMILES string of the molecule is COc1ccc(NC(=O)C[C@@H]2C(=O)N(c3ccc(Cl)cc3)C(=S)N2CCc2ccc(OC)c(OC)c2)cc1. The summed E-state index contributed by atoms with van der Waals surface area (Å²) >= 11 is 11.8. The fourth-order valence-electron chi connectivity index (χ4n) is 4.26. The molecule has 1 saturated heterocycles. The Bertz CT molecular complexity index is 1320. The van der Waals surface area contributed by atoms with Gasteiger partial charge in [0.2, 0.25) is 5.91 Å². The standard InChI is InChI=1S/C28H28ClN3O5S/c1-35-22-11-7-20(8-12-22)30-26(33)17-23-27(34)32(21-9-5-19(29)6-10-21)28(38)31(23)15-14-18-4-13-24(36-2)25(16-18)37-3/h4-13,16,23H,14-15,17H2,1-3H3,(H,30,33)/t23-/m1/s1. The number of methoxy groups -OCH3 is 3. The van der Waals surface area contributed by atoms with Gasteiger partial charge in [-0.3, -0.25) is 14.5 Å². The van der Waals surface area contributed by atoms with Crippen molar-refractivity contribution in [3.63, 3.8) is 0 Å². The van der Waals surface area contributed by atoms with E-state index in [-0.39, 0.29) is 18.2 Å². The predicted molar refractivity (Wildman–Crippen MR) is 152 cm³/mol. The Kier molecular flexibility index (Phi) is 8.70. The molecule has 3 aromatic carbocycles. The number of thiocarbonyl (C=S) groups is 1. The number of nitrogens with one attached hydrogen (secondary N) is 1. The molecular formula is C28H28ClN3O5S. The largest absolute Gasteiger partial charge is 0.497 e. The van der Waals surface area contributed by atoms with Crippen molar-refractivity contribution in [3.05, 3.63) is 77.3 Å². The molecule has 1 aliphatic rings. The van der Waals surface area contributed by atoms with E-state index in [1.807, 2.05) is 18.2 Å². The van der Waals surface area contributed by atoms with Crippen LogP contribution in [0, 0.1) is 0 Å². The molecule has 38 heavy (non-hydrogen) atoms. The van der Waals surface area contributed by atoms with Crippen LogP contribution in [0.5, 0.6) is 17.2 Å². The Morgan fingerprint density at radius 3 is 2.26 bits per heavy atom. The minimum Gasteiger partial charge on any atom is -0.497 e. The average Bonchev–Trinajstić information content (AvgIpc) is 3.16. The fraction of sp³-hybridized carbons (Fsp3) is 0.250. The van der Waals surface area contributed by atoms with E-state index < -0.39 is 6.04 Å². The molecule has 8 nitrogen and oxygen atoms in total. The quantitative estimate of drug-likeness (QED) is 0.356. The van der Waals surface area contributed by atoms with Crippen LogP contribution < -0.4 is 24.4 Å². The second-order valence-electron chi connectivity index (χ2n) is 8.56. The Hall–Kier alpha value is -3.82. The van der Waals surface area contributed by atoms with E-state index in [4.69, 9.17) is 38.0 Å².